The van der Waals surface area contributed by atoms with Gasteiger partial charge in [0.05, 0.1) is 5.69 Å². The van der Waals surface area contributed by atoms with E-state index >= 15 is 0 Å². The molecule has 1 aromatic rings. The first kappa shape index (κ1) is 14.0. The molecule has 0 aromatic carbocycles. The SMILES string of the molecule is CCCCCCCC(=O)c1[nH]c(C)c(C)c1C. The average Bonchev–Trinajstić information content (AvgIpc) is 2.56. The van der Waals surface area contributed by atoms with E-state index in [1.165, 1.54) is 31.2 Å². The molecule has 0 radical (unpaired) electrons. The second kappa shape index (κ2) is 6.63. The molecule has 1 aromatic heterocycles. The fraction of sp³-hybridized carbons (Fsp3) is 0.667. The van der Waals surface area contributed by atoms with E-state index in [4.69, 9.17) is 0 Å². The molecule has 0 saturated carbocycles. The maximum atomic E-state index is 12.0. The van der Waals surface area contributed by atoms with E-state index in [0.29, 0.717) is 6.42 Å². The second-order valence-electron chi connectivity index (χ2n) is 4.96. The van der Waals surface area contributed by atoms with E-state index in [9.17, 15) is 4.79 Å². The van der Waals surface area contributed by atoms with Gasteiger partial charge < -0.3 is 4.98 Å². The molecule has 0 atom stereocenters. The number of Topliss-reactive ketones (excluding diaryl/α,β-unsaturated/α-hetero) is 1. The molecule has 0 aliphatic carbocycles. The Hall–Kier alpha value is -1.05. The summed E-state index contributed by atoms with van der Waals surface area (Å²) >= 11 is 0. The van der Waals surface area contributed by atoms with Crippen molar-refractivity contribution in [3.05, 3.63) is 22.5 Å². The molecule has 0 fully saturated rings. The van der Waals surface area contributed by atoms with Gasteiger partial charge in [0, 0.05) is 12.1 Å². The van der Waals surface area contributed by atoms with Crippen molar-refractivity contribution in [3.63, 3.8) is 0 Å². The molecule has 1 N–H and O–H groups in total. The molecule has 2 nitrogen and oxygen atoms in total. The molecule has 1 rings (SSSR count). The topological polar surface area (TPSA) is 32.9 Å². The van der Waals surface area contributed by atoms with Crippen molar-refractivity contribution in [2.24, 2.45) is 0 Å². The fourth-order valence-corrected chi connectivity index (χ4v) is 2.14. The number of ketones is 1. The molecule has 0 aliphatic rings. The highest BCUT2D eigenvalue weighted by Gasteiger charge is 2.14. The Morgan fingerprint density at radius 1 is 1.00 bits per heavy atom. The van der Waals surface area contributed by atoms with Gasteiger partial charge in [-0.05, 0) is 38.3 Å². The maximum Gasteiger partial charge on any atom is 0.179 e. The summed E-state index contributed by atoms with van der Waals surface area (Å²) in [6.45, 7) is 8.34. The van der Waals surface area contributed by atoms with Gasteiger partial charge in [0.25, 0.3) is 0 Å². The van der Waals surface area contributed by atoms with Crippen LogP contribution in [-0.4, -0.2) is 10.8 Å². The van der Waals surface area contributed by atoms with Crippen molar-refractivity contribution in [2.45, 2.75) is 66.2 Å². The highest BCUT2D eigenvalue weighted by molar-refractivity contribution is 5.96. The summed E-state index contributed by atoms with van der Waals surface area (Å²) in [7, 11) is 0. The van der Waals surface area contributed by atoms with E-state index in [1.807, 2.05) is 13.8 Å². The number of rotatable bonds is 7. The van der Waals surface area contributed by atoms with Crippen molar-refractivity contribution < 1.29 is 4.79 Å². The van der Waals surface area contributed by atoms with Crippen molar-refractivity contribution >= 4 is 5.78 Å². The molecule has 1 heterocycles. The van der Waals surface area contributed by atoms with E-state index < -0.39 is 0 Å². The minimum atomic E-state index is 0.273. The van der Waals surface area contributed by atoms with Crippen LogP contribution in [0.15, 0.2) is 0 Å². The first-order valence-corrected chi connectivity index (χ1v) is 6.76. The number of aromatic nitrogens is 1. The zero-order valence-electron chi connectivity index (χ0n) is 11.7. The Morgan fingerprint density at radius 3 is 2.18 bits per heavy atom. The maximum absolute atomic E-state index is 12.0. The van der Waals surface area contributed by atoms with Crippen molar-refractivity contribution in [2.75, 3.05) is 0 Å². The molecule has 0 unspecified atom stereocenters. The third-order valence-corrected chi connectivity index (χ3v) is 3.60. The van der Waals surface area contributed by atoms with E-state index in [0.717, 1.165) is 23.4 Å². The van der Waals surface area contributed by atoms with Crippen LogP contribution in [-0.2, 0) is 0 Å². The summed E-state index contributed by atoms with van der Waals surface area (Å²) in [5, 5.41) is 0. The summed E-state index contributed by atoms with van der Waals surface area (Å²) in [4.78, 5) is 15.2. The highest BCUT2D eigenvalue weighted by Crippen LogP contribution is 2.18. The summed E-state index contributed by atoms with van der Waals surface area (Å²) in [5.74, 6) is 0.273. The Bertz CT molecular complexity index is 377. The Morgan fingerprint density at radius 2 is 1.65 bits per heavy atom. The van der Waals surface area contributed by atoms with Gasteiger partial charge in [-0.25, -0.2) is 0 Å². The molecule has 0 amide bonds. The van der Waals surface area contributed by atoms with E-state index in [2.05, 4.69) is 18.8 Å². The quantitative estimate of drug-likeness (QED) is 0.548. The van der Waals surface area contributed by atoms with Crippen LogP contribution >= 0.6 is 0 Å². The number of hydrogen-bond acceptors (Lipinski definition) is 1. The lowest BCUT2D eigenvalue weighted by Gasteiger charge is -2.01. The first-order chi connectivity index (χ1) is 8.07. The summed E-state index contributed by atoms with van der Waals surface area (Å²) in [6.07, 6.45) is 6.68. The number of carbonyl (C=O) groups excluding carboxylic acids is 1. The van der Waals surface area contributed by atoms with Crippen molar-refractivity contribution in [3.8, 4) is 0 Å². The zero-order valence-corrected chi connectivity index (χ0v) is 11.7. The van der Waals surface area contributed by atoms with Gasteiger partial charge in [-0.3, -0.25) is 4.79 Å². The van der Waals surface area contributed by atoms with E-state index in [1.54, 1.807) is 0 Å². The lowest BCUT2D eigenvalue weighted by molar-refractivity contribution is 0.0974. The Kier molecular flexibility index (Phi) is 5.46. The molecule has 96 valence electrons. The number of nitrogens with one attached hydrogen (secondary N) is 1. The van der Waals surface area contributed by atoms with Gasteiger partial charge in [-0.1, -0.05) is 32.6 Å². The van der Waals surface area contributed by atoms with Crippen LogP contribution in [0.25, 0.3) is 0 Å². The van der Waals surface area contributed by atoms with Crippen molar-refractivity contribution in [1.82, 2.24) is 4.98 Å². The Labute approximate surface area is 105 Å². The van der Waals surface area contributed by atoms with Gasteiger partial charge in [0.15, 0.2) is 5.78 Å². The Balaban J connectivity index is 2.44. The van der Waals surface area contributed by atoms with Crippen LogP contribution in [0.1, 0.15) is 72.8 Å². The van der Waals surface area contributed by atoms with Crippen LogP contribution in [0.3, 0.4) is 0 Å². The largest absolute Gasteiger partial charge is 0.356 e. The molecule has 0 aliphatic heterocycles. The summed E-state index contributed by atoms with van der Waals surface area (Å²) < 4.78 is 0. The second-order valence-corrected chi connectivity index (χ2v) is 4.96. The number of aryl methyl sites for hydroxylation is 1. The number of carbonyl (C=O) groups is 1. The standard InChI is InChI=1S/C15H25NO/c1-5-6-7-8-9-10-14(17)15-12(3)11(2)13(4)16-15/h16H,5-10H2,1-4H3. The zero-order chi connectivity index (χ0) is 12.8. The normalized spacial score (nSPS) is 10.8. The molecular formula is C15H25NO. The molecule has 2 heteroatoms. The molecule has 17 heavy (non-hydrogen) atoms. The number of hydrogen-bond donors (Lipinski definition) is 1. The molecule has 0 spiro atoms. The van der Waals surface area contributed by atoms with Crippen LogP contribution in [0.5, 0.6) is 0 Å². The molecular weight excluding hydrogens is 210 g/mol. The first-order valence-electron chi connectivity index (χ1n) is 6.76. The smallest absolute Gasteiger partial charge is 0.179 e. The third kappa shape index (κ3) is 3.72. The predicted octanol–water partition coefficient (Wildman–Crippen LogP) is 4.48. The highest BCUT2D eigenvalue weighted by atomic mass is 16.1. The van der Waals surface area contributed by atoms with Crippen LogP contribution in [0.4, 0.5) is 0 Å². The lowest BCUT2D eigenvalue weighted by atomic mass is 10.0. The monoisotopic (exact) mass is 235 g/mol. The number of unbranched alkanes of at least 4 members (excludes halogenated alkanes) is 4. The summed E-state index contributed by atoms with van der Waals surface area (Å²) in [6, 6.07) is 0. The number of aromatic amines is 1. The average molecular weight is 235 g/mol. The molecule has 0 saturated heterocycles. The minimum Gasteiger partial charge on any atom is -0.356 e. The van der Waals surface area contributed by atoms with Gasteiger partial charge in [0.1, 0.15) is 0 Å². The van der Waals surface area contributed by atoms with Crippen LogP contribution in [0, 0.1) is 20.8 Å². The lowest BCUT2D eigenvalue weighted by Crippen LogP contribution is -2.01. The van der Waals surface area contributed by atoms with Gasteiger partial charge in [-0.2, -0.15) is 0 Å². The summed E-state index contributed by atoms with van der Waals surface area (Å²) in [5.41, 5.74) is 4.30. The third-order valence-electron chi connectivity index (χ3n) is 3.60. The fourth-order valence-electron chi connectivity index (χ4n) is 2.14. The van der Waals surface area contributed by atoms with Crippen molar-refractivity contribution in [1.29, 1.82) is 0 Å². The van der Waals surface area contributed by atoms with Gasteiger partial charge in [0.2, 0.25) is 0 Å². The van der Waals surface area contributed by atoms with Crippen LogP contribution < -0.4 is 0 Å². The molecule has 0 bridgehead atoms. The van der Waals surface area contributed by atoms with Crippen LogP contribution in [0.2, 0.25) is 0 Å². The van der Waals surface area contributed by atoms with Gasteiger partial charge in [-0.15, -0.1) is 0 Å². The van der Waals surface area contributed by atoms with E-state index in [-0.39, 0.29) is 5.78 Å². The predicted molar refractivity (Wildman–Crippen MR) is 72.7 cm³/mol. The number of H-pyrrole nitrogens is 1. The van der Waals surface area contributed by atoms with Gasteiger partial charge >= 0.3 is 0 Å². The minimum absolute atomic E-state index is 0.273.